The lowest BCUT2D eigenvalue weighted by atomic mass is 10.0. The van der Waals surface area contributed by atoms with Crippen LogP contribution in [0.2, 0.25) is 0 Å². The molecule has 0 heterocycles. The molecule has 0 bridgehead atoms. The summed E-state index contributed by atoms with van der Waals surface area (Å²) in [6.45, 7) is 4.05. The van der Waals surface area contributed by atoms with Crippen molar-refractivity contribution in [2.45, 2.75) is 354 Å². The standard InChI is InChI=1S/C75H132O5/c1-3-5-7-9-11-13-15-17-19-21-23-25-27-29-31-33-35-36-37-38-40-42-44-46-48-50-52-54-56-58-60-62-64-66-68-70-75(78)80-73(71-76)72-79-74(77)69-67-65-63-61-59-57-55-53-51-49-47-45-43-41-39-34-32-30-28-26-24-22-20-18-16-14-12-10-8-6-4-2/h5,7,11,13,16-19,22-25,28-31,73,76H,3-4,6,8-10,12,14-15,20-21,26-27,32-72H2,1-2H3/b7-5-,13-11-,18-16-,19-17-,24-22-,25-23-,30-28-,31-29-. The molecule has 5 nitrogen and oxygen atoms in total. The van der Waals surface area contributed by atoms with Gasteiger partial charge in [-0.05, 0) is 96.3 Å². The smallest absolute Gasteiger partial charge is 0.306 e. The third-order valence-electron chi connectivity index (χ3n) is 15.4. The Labute approximate surface area is 498 Å². The number of carbonyl (C=O) groups is 2. The topological polar surface area (TPSA) is 72.8 Å². The molecule has 0 saturated carbocycles. The minimum atomic E-state index is -0.776. The Hall–Kier alpha value is -3.18. The van der Waals surface area contributed by atoms with E-state index in [0.29, 0.717) is 12.8 Å². The number of allylic oxidation sites excluding steroid dienone is 16. The minimum Gasteiger partial charge on any atom is -0.462 e. The summed E-state index contributed by atoms with van der Waals surface area (Å²) in [6.07, 6.45) is 100. The predicted molar refractivity (Wildman–Crippen MR) is 352 cm³/mol. The summed E-state index contributed by atoms with van der Waals surface area (Å²) in [4.78, 5) is 24.7. The van der Waals surface area contributed by atoms with E-state index < -0.39 is 6.10 Å². The molecule has 0 aromatic carbocycles. The maximum absolute atomic E-state index is 12.4. The van der Waals surface area contributed by atoms with Crippen LogP contribution in [0.25, 0.3) is 0 Å². The first-order valence-electron chi connectivity index (χ1n) is 34.8. The second-order valence-electron chi connectivity index (χ2n) is 23.2. The van der Waals surface area contributed by atoms with E-state index in [4.69, 9.17) is 9.47 Å². The summed E-state index contributed by atoms with van der Waals surface area (Å²) in [6, 6.07) is 0. The van der Waals surface area contributed by atoms with Gasteiger partial charge in [0.2, 0.25) is 0 Å². The highest BCUT2D eigenvalue weighted by Crippen LogP contribution is 2.18. The minimum absolute atomic E-state index is 0.0649. The van der Waals surface area contributed by atoms with Gasteiger partial charge >= 0.3 is 11.9 Å². The van der Waals surface area contributed by atoms with Gasteiger partial charge in [-0.25, -0.2) is 0 Å². The van der Waals surface area contributed by atoms with Gasteiger partial charge in [-0.15, -0.1) is 0 Å². The van der Waals surface area contributed by atoms with Crippen LogP contribution in [-0.4, -0.2) is 36.4 Å². The number of unbranched alkanes of at least 4 members (excludes halogenated alkanes) is 40. The van der Waals surface area contributed by atoms with Crippen molar-refractivity contribution in [2.24, 2.45) is 0 Å². The molecule has 0 fully saturated rings. The molecule has 0 amide bonds. The molecule has 0 saturated heterocycles. The maximum atomic E-state index is 12.4. The summed E-state index contributed by atoms with van der Waals surface area (Å²) < 4.78 is 10.8. The number of ether oxygens (including phenoxy) is 2. The predicted octanol–water partition coefficient (Wildman–Crippen LogP) is 24.2. The molecule has 1 atom stereocenters. The highest BCUT2D eigenvalue weighted by Gasteiger charge is 2.16. The van der Waals surface area contributed by atoms with E-state index in [1.165, 1.54) is 238 Å². The van der Waals surface area contributed by atoms with Crippen LogP contribution in [0, 0.1) is 0 Å². The van der Waals surface area contributed by atoms with Gasteiger partial charge in [0, 0.05) is 12.8 Å². The van der Waals surface area contributed by atoms with Crippen molar-refractivity contribution in [3.8, 4) is 0 Å². The zero-order chi connectivity index (χ0) is 57.6. The van der Waals surface area contributed by atoms with Gasteiger partial charge in [0.05, 0.1) is 6.61 Å². The maximum Gasteiger partial charge on any atom is 0.306 e. The monoisotopic (exact) mass is 1110 g/mol. The first-order valence-corrected chi connectivity index (χ1v) is 34.8. The number of hydrogen-bond acceptors (Lipinski definition) is 5. The van der Waals surface area contributed by atoms with Crippen molar-refractivity contribution < 1.29 is 24.2 Å². The Bertz CT molecular complexity index is 1500. The largest absolute Gasteiger partial charge is 0.462 e. The van der Waals surface area contributed by atoms with Gasteiger partial charge in [-0.3, -0.25) is 9.59 Å². The number of aliphatic hydroxyl groups excluding tert-OH is 1. The molecular formula is C75H132O5. The summed E-state index contributed by atoms with van der Waals surface area (Å²) in [5, 5.41) is 9.70. The lowest BCUT2D eigenvalue weighted by Crippen LogP contribution is -2.28. The molecule has 1 N–H and O–H groups in total. The number of aliphatic hydroxyl groups is 1. The summed E-state index contributed by atoms with van der Waals surface area (Å²) in [5.41, 5.74) is 0. The van der Waals surface area contributed by atoms with Gasteiger partial charge in [0.25, 0.3) is 0 Å². The first kappa shape index (κ1) is 76.8. The fraction of sp³-hybridized carbons (Fsp3) is 0.760. The molecule has 0 aromatic rings. The first-order chi connectivity index (χ1) is 39.6. The van der Waals surface area contributed by atoms with Crippen LogP contribution < -0.4 is 0 Å². The average Bonchev–Trinajstić information content (AvgIpc) is 3.46. The number of carbonyl (C=O) groups excluding carboxylic acids is 2. The lowest BCUT2D eigenvalue weighted by Gasteiger charge is -2.15. The second-order valence-corrected chi connectivity index (χ2v) is 23.2. The molecule has 0 aliphatic carbocycles. The van der Waals surface area contributed by atoms with Gasteiger partial charge in [0.15, 0.2) is 6.10 Å². The van der Waals surface area contributed by atoms with Gasteiger partial charge in [-0.2, -0.15) is 0 Å². The van der Waals surface area contributed by atoms with Gasteiger partial charge in [-0.1, -0.05) is 336 Å². The lowest BCUT2D eigenvalue weighted by molar-refractivity contribution is -0.161. The fourth-order valence-corrected chi connectivity index (χ4v) is 10.2. The summed E-state index contributed by atoms with van der Waals surface area (Å²) in [7, 11) is 0. The highest BCUT2D eigenvalue weighted by molar-refractivity contribution is 5.70. The zero-order valence-corrected chi connectivity index (χ0v) is 53.1. The van der Waals surface area contributed by atoms with Crippen LogP contribution in [0.5, 0.6) is 0 Å². The molecule has 0 aliphatic heterocycles. The van der Waals surface area contributed by atoms with Crippen molar-refractivity contribution in [3.05, 3.63) is 97.2 Å². The normalized spacial score (nSPS) is 12.8. The highest BCUT2D eigenvalue weighted by atomic mass is 16.6. The molecule has 0 radical (unpaired) electrons. The molecule has 0 rings (SSSR count). The van der Waals surface area contributed by atoms with Crippen molar-refractivity contribution in [1.82, 2.24) is 0 Å². The van der Waals surface area contributed by atoms with E-state index in [2.05, 4.69) is 111 Å². The van der Waals surface area contributed by atoms with E-state index in [1.54, 1.807) is 0 Å². The molecule has 0 aromatic heterocycles. The van der Waals surface area contributed by atoms with E-state index >= 15 is 0 Å². The molecule has 5 heteroatoms. The zero-order valence-electron chi connectivity index (χ0n) is 53.1. The Balaban J connectivity index is 3.44. The quantitative estimate of drug-likeness (QED) is 0.0373. The van der Waals surface area contributed by atoms with Crippen molar-refractivity contribution in [3.63, 3.8) is 0 Å². The molecule has 1 unspecified atom stereocenters. The Morgan fingerprint density at radius 2 is 0.537 bits per heavy atom. The van der Waals surface area contributed by atoms with Crippen LogP contribution in [0.1, 0.15) is 348 Å². The number of esters is 2. The third kappa shape index (κ3) is 67.3. The SMILES string of the molecule is CC/C=C\C/C=C\C/C=C\C/C=C\C/C=C\CCCCCCCCCCCCCCCCCCCCCC(=O)OC(CO)COC(=O)CCCCCCCCCCCCCCCCCC/C=C\C/C=C\C/C=C\CCCCCCC. The number of rotatable bonds is 64. The molecule has 0 aliphatic rings. The van der Waals surface area contributed by atoms with E-state index in [0.717, 1.165) is 83.5 Å². The van der Waals surface area contributed by atoms with E-state index in [-0.39, 0.29) is 25.2 Å². The van der Waals surface area contributed by atoms with Crippen molar-refractivity contribution in [1.29, 1.82) is 0 Å². The van der Waals surface area contributed by atoms with Crippen LogP contribution in [-0.2, 0) is 19.1 Å². The van der Waals surface area contributed by atoms with E-state index in [1.807, 2.05) is 0 Å². The summed E-state index contributed by atoms with van der Waals surface area (Å²) >= 11 is 0. The second kappa shape index (κ2) is 70.1. The van der Waals surface area contributed by atoms with Crippen molar-refractivity contribution in [2.75, 3.05) is 13.2 Å². The van der Waals surface area contributed by atoms with E-state index in [9.17, 15) is 14.7 Å². The van der Waals surface area contributed by atoms with Gasteiger partial charge < -0.3 is 14.6 Å². The molecular weight excluding hydrogens is 981 g/mol. The van der Waals surface area contributed by atoms with Crippen LogP contribution in [0.4, 0.5) is 0 Å². The molecule has 462 valence electrons. The molecule has 0 spiro atoms. The van der Waals surface area contributed by atoms with Gasteiger partial charge in [0.1, 0.15) is 6.61 Å². The Morgan fingerprint density at radius 1 is 0.300 bits per heavy atom. The van der Waals surface area contributed by atoms with Crippen molar-refractivity contribution >= 4 is 11.9 Å². The Morgan fingerprint density at radius 3 is 0.812 bits per heavy atom. The van der Waals surface area contributed by atoms with Crippen LogP contribution >= 0.6 is 0 Å². The average molecular weight is 1110 g/mol. The Kier molecular flexibility index (Phi) is 67.3. The number of hydrogen-bond donors (Lipinski definition) is 1. The third-order valence-corrected chi connectivity index (χ3v) is 15.4. The summed E-state index contributed by atoms with van der Waals surface area (Å²) in [5.74, 6) is -0.577. The van der Waals surface area contributed by atoms with Crippen LogP contribution in [0.15, 0.2) is 97.2 Å². The molecule has 80 heavy (non-hydrogen) atoms. The van der Waals surface area contributed by atoms with Crippen LogP contribution in [0.3, 0.4) is 0 Å². The fourth-order valence-electron chi connectivity index (χ4n) is 10.2.